The number of aromatic nitrogens is 3. The van der Waals surface area contributed by atoms with Crippen LogP contribution in [0.15, 0.2) is 42.5 Å². The van der Waals surface area contributed by atoms with Crippen LogP contribution >= 0.6 is 0 Å². The number of anilines is 3. The molecule has 1 amide bonds. The number of aromatic amines is 1. The molecule has 1 aliphatic heterocycles. The number of carbonyl (C=O) groups is 1. The van der Waals surface area contributed by atoms with Crippen molar-refractivity contribution in [1.82, 2.24) is 20.3 Å². The molecule has 150 valence electrons. The Kier molecular flexibility index (Phi) is 5.16. The van der Waals surface area contributed by atoms with Gasteiger partial charge in [-0.05, 0) is 61.4 Å². The number of rotatable bonds is 4. The lowest BCUT2D eigenvalue weighted by Gasteiger charge is -2.35. The van der Waals surface area contributed by atoms with Crippen molar-refractivity contribution in [2.24, 2.45) is 0 Å². The Morgan fingerprint density at radius 3 is 2.41 bits per heavy atom. The third kappa shape index (κ3) is 4.06. The molecule has 4 rings (SSSR count). The fourth-order valence-corrected chi connectivity index (χ4v) is 3.39. The molecule has 1 saturated heterocycles. The summed E-state index contributed by atoms with van der Waals surface area (Å²) in [6.45, 7) is 6.56. The van der Waals surface area contributed by atoms with Gasteiger partial charge in [0.2, 0.25) is 0 Å². The molecule has 1 aromatic heterocycles. The summed E-state index contributed by atoms with van der Waals surface area (Å²) < 4.78 is 13.1. The van der Waals surface area contributed by atoms with E-state index in [1.165, 1.54) is 17.7 Å². The van der Waals surface area contributed by atoms with Gasteiger partial charge in [0.1, 0.15) is 5.82 Å². The van der Waals surface area contributed by atoms with Crippen LogP contribution < -0.4 is 10.2 Å². The highest BCUT2D eigenvalue weighted by Gasteiger charge is 2.26. The second kappa shape index (κ2) is 7.90. The van der Waals surface area contributed by atoms with Crippen molar-refractivity contribution in [2.75, 3.05) is 36.4 Å². The predicted molar refractivity (Wildman–Crippen MR) is 110 cm³/mol. The molecule has 2 N–H and O–H groups in total. The Morgan fingerprint density at radius 2 is 1.72 bits per heavy atom. The molecule has 0 unspecified atom stereocenters. The highest BCUT2D eigenvalue weighted by atomic mass is 19.1. The van der Waals surface area contributed by atoms with Crippen molar-refractivity contribution in [3.05, 3.63) is 65.1 Å². The van der Waals surface area contributed by atoms with Crippen LogP contribution in [0.1, 0.15) is 21.6 Å². The lowest BCUT2D eigenvalue weighted by atomic mass is 10.1. The lowest BCUT2D eigenvalue weighted by Crippen LogP contribution is -2.49. The Bertz CT molecular complexity index is 1010. The molecular formula is C21H23FN6O. The minimum atomic E-state index is -0.252. The summed E-state index contributed by atoms with van der Waals surface area (Å²) in [6, 6.07) is 12.4. The Balaban J connectivity index is 1.42. The molecule has 3 aromatic rings. The van der Waals surface area contributed by atoms with Crippen LogP contribution in [0.4, 0.5) is 21.6 Å². The van der Waals surface area contributed by atoms with Gasteiger partial charge in [-0.1, -0.05) is 6.07 Å². The number of aryl methyl sites for hydroxylation is 2. The van der Waals surface area contributed by atoms with Crippen molar-refractivity contribution >= 4 is 23.1 Å². The summed E-state index contributed by atoms with van der Waals surface area (Å²) in [5.41, 5.74) is 4.45. The second-order valence-corrected chi connectivity index (χ2v) is 7.20. The quantitative estimate of drug-likeness (QED) is 0.710. The summed E-state index contributed by atoms with van der Waals surface area (Å²) in [5.74, 6) is 0.000419. The first-order valence-electron chi connectivity index (χ1n) is 9.56. The molecule has 0 spiro atoms. The van der Waals surface area contributed by atoms with Gasteiger partial charge in [-0.25, -0.2) is 4.39 Å². The number of carbonyl (C=O) groups excluding carboxylic acids is 1. The highest BCUT2D eigenvalue weighted by molar-refractivity contribution is 5.97. The molecule has 7 nitrogen and oxygen atoms in total. The maximum absolute atomic E-state index is 13.1. The predicted octanol–water partition coefficient (Wildman–Crippen LogP) is 3.27. The molecule has 1 fully saturated rings. The average molecular weight is 394 g/mol. The van der Waals surface area contributed by atoms with Gasteiger partial charge in [-0.3, -0.25) is 4.79 Å². The SMILES string of the molecule is Cc1ccc(Nc2n[nH]nc2C(=O)N2CCN(c3ccc(F)cc3)CC2)cc1C. The minimum absolute atomic E-state index is 0.163. The number of hydrogen-bond acceptors (Lipinski definition) is 5. The smallest absolute Gasteiger partial charge is 0.278 e. The highest BCUT2D eigenvalue weighted by Crippen LogP contribution is 2.22. The van der Waals surface area contributed by atoms with E-state index < -0.39 is 0 Å². The number of nitrogens with zero attached hydrogens (tertiary/aromatic N) is 4. The van der Waals surface area contributed by atoms with Crippen LogP contribution in [-0.2, 0) is 0 Å². The van der Waals surface area contributed by atoms with Gasteiger partial charge in [-0.2, -0.15) is 5.21 Å². The molecule has 2 aromatic carbocycles. The second-order valence-electron chi connectivity index (χ2n) is 7.20. The molecule has 0 radical (unpaired) electrons. The number of H-pyrrole nitrogens is 1. The van der Waals surface area contributed by atoms with E-state index in [1.807, 2.05) is 25.1 Å². The van der Waals surface area contributed by atoms with Crippen LogP contribution in [0.3, 0.4) is 0 Å². The van der Waals surface area contributed by atoms with Crippen molar-refractivity contribution < 1.29 is 9.18 Å². The number of piperazine rings is 1. The van der Waals surface area contributed by atoms with Crippen molar-refractivity contribution in [3.8, 4) is 0 Å². The molecule has 0 aliphatic carbocycles. The van der Waals surface area contributed by atoms with Gasteiger partial charge in [0.25, 0.3) is 5.91 Å². The normalized spacial score (nSPS) is 14.2. The molecule has 0 saturated carbocycles. The van der Waals surface area contributed by atoms with E-state index in [9.17, 15) is 9.18 Å². The van der Waals surface area contributed by atoms with Crippen LogP contribution in [0, 0.1) is 19.7 Å². The first-order valence-corrected chi connectivity index (χ1v) is 9.56. The van der Waals surface area contributed by atoms with E-state index in [2.05, 4.69) is 32.6 Å². The summed E-state index contributed by atoms with van der Waals surface area (Å²) in [7, 11) is 0. The van der Waals surface area contributed by atoms with Crippen molar-refractivity contribution in [2.45, 2.75) is 13.8 Å². The molecule has 8 heteroatoms. The number of amides is 1. The van der Waals surface area contributed by atoms with Gasteiger partial charge in [0.05, 0.1) is 0 Å². The monoisotopic (exact) mass is 394 g/mol. The van der Waals surface area contributed by atoms with E-state index in [0.717, 1.165) is 16.9 Å². The van der Waals surface area contributed by atoms with Gasteiger partial charge in [0, 0.05) is 37.6 Å². The largest absolute Gasteiger partial charge is 0.368 e. The Labute approximate surface area is 168 Å². The van der Waals surface area contributed by atoms with E-state index >= 15 is 0 Å². The molecule has 0 atom stereocenters. The minimum Gasteiger partial charge on any atom is -0.368 e. The third-order valence-electron chi connectivity index (χ3n) is 5.28. The zero-order valence-electron chi connectivity index (χ0n) is 16.4. The Hall–Kier alpha value is -3.42. The zero-order valence-corrected chi connectivity index (χ0v) is 16.4. The average Bonchev–Trinajstić information content (AvgIpc) is 3.19. The first-order chi connectivity index (χ1) is 14.0. The fraction of sp³-hybridized carbons (Fsp3) is 0.286. The zero-order chi connectivity index (χ0) is 20.4. The van der Waals surface area contributed by atoms with Crippen LogP contribution in [0.25, 0.3) is 0 Å². The molecule has 1 aliphatic rings. The standard InChI is InChI=1S/C21H23FN6O/c1-14-3-6-17(13-15(14)2)23-20-19(24-26-25-20)21(29)28-11-9-27(10-12-28)18-7-4-16(22)5-8-18/h3-8,13H,9-12H2,1-2H3,(H2,23,24,25,26). The van der Waals surface area contributed by atoms with E-state index in [1.54, 1.807) is 17.0 Å². The van der Waals surface area contributed by atoms with Gasteiger partial charge in [-0.15, -0.1) is 10.2 Å². The fourth-order valence-electron chi connectivity index (χ4n) is 3.39. The van der Waals surface area contributed by atoms with Gasteiger partial charge < -0.3 is 15.1 Å². The van der Waals surface area contributed by atoms with Gasteiger partial charge >= 0.3 is 0 Å². The van der Waals surface area contributed by atoms with Gasteiger partial charge in [0.15, 0.2) is 11.5 Å². The Morgan fingerprint density at radius 1 is 1.00 bits per heavy atom. The van der Waals surface area contributed by atoms with Crippen molar-refractivity contribution in [3.63, 3.8) is 0 Å². The van der Waals surface area contributed by atoms with E-state index in [-0.39, 0.29) is 17.4 Å². The number of nitrogens with one attached hydrogen (secondary N) is 2. The summed E-state index contributed by atoms with van der Waals surface area (Å²) >= 11 is 0. The first kappa shape index (κ1) is 18.9. The lowest BCUT2D eigenvalue weighted by molar-refractivity contribution is 0.0742. The van der Waals surface area contributed by atoms with Crippen LogP contribution in [0.5, 0.6) is 0 Å². The summed E-state index contributed by atoms with van der Waals surface area (Å²) in [4.78, 5) is 16.9. The molecule has 2 heterocycles. The summed E-state index contributed by atoms with van der Waals surface area (Å²) in [6.07, 6.45) is 0. The van der Waals surface area contributed by atoms with E-state index in [0.29, 0.717) is 32.0 Å². The van der Waals surface area contributed by atoms with Crippen molar-refractivity contribution in [1.29, 1.82) is 0 Å². The third-order valence-corrected chi connectivity index (χ3v) is 5.28. The number of hydrogen-bond donors (Lipinski definition) is 2. The topological polar surface area (TPSA) is 77.1 Å². The number of benzene rings is 2. The number of halogens is 1. The molecule has 29 heavy (non-hydrogen) atoms. The molecular weight excluding hydrogens is 371 g/mol. The van der Waals surface area contributed by atoms with E-state index in [4.69, 9.17) is 0 Å². The molecule has 0 bridgehead atoms. The van der Waals surface area contributed by atoms with Crippen LogP contribution in [-0.4, -0.2) is 52.4 Å². The maximum atomic E-state index is 13.1. The maximum Gasteiger partial charge on any atom is 0.278 e. The summed E-state index contributed by atoms with van der Waals surface area (Å²) in [5, 5.41) is 13.9. The van der Waals surface area contributed by atoms with Crippen LogP contribution in [0.2, 0.25) is 0 Å².